The third-order valence-corrected chi connectivity index (χ3v) is 4.70. The number of esters is 1. The van der Waals surface area contributed by atoms with Gasteiger partial charge in [0.2, 0.25) is 5.78 Å². The molecule has 27 heavy (non-hydrogen) atoms. The van der Waals surface area contributed by atoms with E-state index in [1.807, 2.05) is 19.9 Å². The summed E-state index contributed by atoms with van der Waals surface area (Å²) in [6.45, 7) is 3.90. The summed E-state index contributed by atoms with van der Waals surface area (Å²) in [7, 11) is 1.59. The second-order valence-corrected chi connectivity index (χ2v) is 6.74. The number of nitrogens with zero attached hydrogens (tertiary/aromatic N) is 1. The van der Waals surface area contributed by atoms with Crippen LogP contribution in [0.4, 0.5) is 0 Å². The number of benzene rings is 1. The van der Waals surface area contributed by atoms with Gasteiger partial charge in [-0.3, -0.25) is 9.59 Å². The van der Waals surface area contributed by atoms with E-state index in [1.54, 1.807) is 31.4 Å². The van der Waals surface area contributed by atoms with E-state index in [1.165, 1.54) is 0 Å². The van der Waals surface area contributed by atoms with E-state index < -0.39 is 5.97 Å². The van der Waals surface area contributed by atoms with Crippen LogP contribution >= 0.6 is 0 Å². The Balaban J connectivity index is 1.43. The SMILES string of the molecule is COc1ccc(OCCC(=O)OCC(=O)c2cc(C)n(C3CC3)c2C)cc1. The second-order valence-electron chi connectivity index (χ2n) is 6.74. The molecule has 3 rings (SSSR count). The highest BCUT2D eigenvalue weighted by molar-refractivity contribution is 5.99. The summed E-state index contributed by atoms with van der Waals surface area (Å²) in [5.41, 5.74) is 2.68. The summed E-state index contributed by atoms with van der Waals surface area (Å²) in [6.07, 6.45) is 2.40. The summed E-state index contributed by atoms with van der Waals surface area (Å²) < 4.78 is 17.9. The number of methoxy groups -OCH3 is 1. The molecule has 2 aromatic rings. The number of carbonyl (C=O) groups is 2. The molecule has 1 aromatic heterocycles. The van der Waals surface area contributed by atoms with Crippen LogP contribution in [0, 0.1) is 13.8 Å². The van der Waals surface area contributed by atoms with Crippen LogP contribution in [0.1, 0.15) is 47.1 Å². The molecule has 1 heterocycles. The molecule has 0 unspecified atom stereocenters. The van der Waals surface area contributed by atoms with Gasteiger partial charge in [-0.25, -0.2) is 0 Å². The maximum Gasteiger partial charge on any atom is 0.309 e. The van der Waals surface area contributed by atoms with Crippen molar-refractivity contribution in [2.24, 2.45) is 0 Å². The lowest BCUT2D eigenvalue weighted by atomic mass is 10.1. The predicted molar refractivity (Wildman–Crippen MR) is 101 cm³/mol. The average Bonchev–Trinajstić information content (AvgIpc) is 3.45. The summed E-state index contributed by atoms with van der Waals surface area (Å²) in [5, 5.41) is 0. The molecule has 1 aliphatic rings. The van der Waals surface area contributed by atoms with Crippen molar-refractivity contribution in [3.8, 4) is 11.5 Å². The maximum absolute atomic E-state index is 12.4. The first-order valence-electron chi connectivity index (χ1n) is 9.13. The monoisotopic (exact) mass is 371 g/mol. The Morgan fingerprint density at radius 3 is 2.41 bits per heavy atom. The molecule has 0 spiro atoms. The van der Waals surface area contributed by atoms with Crippen LogP contribution in [-0.2, 0) is 9.53 Å². The number of aromatic nitrogens is 1. The first-order valence-corrected chi connectivity index (χ1v) is 9.13. The van der Waals surface area contributed by atoms with Gasteiger partial charge in [0, 0.05) is 23.0 Å². The molecule has 1 aromatic carbocycles. The number of rotatable bonds is 9. The van der Waals surface area contributed by atoms with Gasteiger partial charge in [0.05, 0.1) is 20.1 Å². The van der Waals surface area contributed by atoms with E-state index in [4.69, 9.17) is 14.2 Å². The standard InChI is InChI=1S/C21H25NO5/c1-14-12-19(15(2)22(14)16-4-5-16)20(23)13-27-21(24)10-11-26-18-8-6-17(25-3)7-9-18/h6-9,12,16H,4-5,10-11,13H2,1-3H3. The van der Waals surface area contributed by atoms with Gasteiger partial charge >= 0.3 is 5.97 Å². The molecule has 0 bridgehead atoms. The van der Waals surface area contributed by atoms with E-state index in [0.717, 1.165) is 30.0 Å². The lowest BCUT2D eigenvalue weighted by Gasteiger charge is -2.08. The summed E-state index contributed by atoms with van der Waals surface area (Å²) in [4.78, 5) is 24.3. The van der Waals surface area contributed by atoms with Gasteiger partial charge in [-0.1, -0.05) is 0 Å². The van der Waals surface area contributed by atoms with Crippen molar-refractivity contribution in [2.75, 3.05) is 20.3 Å². The smallest absolute Gasteiger partial charge is 0.309 e. The average molecular weight is 371 g/mol. The Hall–Kier alpha value is -2.76. The number of carbonyl (C=O) groups excluding carboxylic acids is 2. The van der Waals surface area contributed by atoms with Gasteiger partial charge in [0.15, 0.2) is 6.61 Å². The van der Waals surface area contributed by atoms with Gasteiger partial charge in [-0.2, -0.15) is 0 Å². The van der Waals surface area contributed by atoms with Gasteiger partial charge in [-0.15, -0.1) is 0 Å². The summed E-state index contributed by atoms with van der Waals surface area (Å²) >= 11 is 0. The van der Waals surface area contributed by atoms with Crippen LogP contribution in [0.5, 0.6) is 11.5 Å². The van der Waals surface area contributed by atoms with Crippen LogP contribution in [0.25, 0.3) is 0 Å². The van der Waals surface area contributed by atoms with Gasteiger partial charge in [0.1, 0.15) is 11.5 Å². The molecule has 0 radical (unpaired) electrons. The van der Waals surface area contributed by atoms with E-state index in [2.05, 4.69) is 4.57 Å². The predicted octanol–water partition coefficient (Wildman–Crippen LogP) is 3.64. The Bertz CT molecular complexity index is 818. The Labute approximate surface area is 159 Å². The van der Waals surface area contributed by atoms with Crippen LogP contribution in [-0.4, -0.2) is 36.6 Å². The largest absolute Gasteiger partial charge is 0.497 e. The molecule has 0 N–H and O–H groups in total. The summed E-state index contributed by atoms with van der Waals surface area (Å²) in [5.74, 6) is 0.765. The van der Waals surface area contributed by atoms with Crippen LogP contribution < -0.4 is 9.47 Å². The van der Waals surface area contributed by atoms with Crippen molar-refractivity contribution in [1.82, 2.24) is 4.57 Å². The quantitative estimate of drug-likeness (QED) is 0.497. The molecular formula is C21H25NO5. The topological polar surface area (TPSA) is 66.8 Å². The fraction of sp³-hybridized carbons (Fsp3) is 0.429. The molecule has 0 aliphatic heterocycles. The van der Waals surface area contributed by atoms with Crippen molar-refractivity contribution < 1.29 is 23.8 Å². The number of ketones is 1. The summed E-state index contributed by atoms with van der Waals surface area (Å²) in [6, 6.07) is 9.50. The minimum Gasteiger partial charge on any atom is -0.497 e. The second kappa shape index (κ2) is 8.29. The molecule has 1 saturated carbocycles. The fourth-order valence-corrected chi connectivity index (χ4v) is 3.17. The maximum atomic E-state index is 12.4. The van der Waals surface area contributed by atoms with Crippen molar-refractivity contribution >= 4 is 11.8 Å². The molecule has 1 aliphatic carbocycles. The minimum absolute atomic E-state index is 0.0837. The molecule has 6 nitrogen and oxygen atoms in total. The van der Waals surface area contributed by atoms with Gasteiger partial charge in [0.25, 0.3) is 0 Å². The normalized spacial score (nSPS) is 13.3. The number of hydrogen-bond acceptors (Lipinski definition) is 5. The van der Waals surface area contributed by atoms with E-state index >= 15 is 0 Å². The molecule has 1 fully saturated rings. The van der Waals surface area contributed by atoms with Crippen molar-refractivity contribution in [2.45, 2.75) is 39.2 Å². The van der Waals surface area contributed by atoms with Crippen molar-refractivity contribution in [3.05, 3.63) is 47.3 Å². The first kappa shape index (κ1) is 19.0. The highest BCUT2D eigenvalue weighted by Gasteiger charge is 2.28. The van der Waals surface area contributed by atoms with Crippen LogP contribution in [0.3, 0.4) is 0 Å². The zero-order chi connectivity index (χ0) is 19.4. The van der Waals surface area contributed by atoms with E-state index in [-0.39, 0.29) is 25.4 Å². The molecule has 0 saturated heterocycles. The van der Waals surface area contributed by atoms with Crippen LogP contribution in [0.15, 0.2) is 30.3 Å². The Morgan fingerprint density at radius 1 is 1.11 bits per heavy atom. The van der Waals surface area contributed by atoms with Gasteiger partial charge < -0.3 is 18.8 Å². The van der Waals surface area contributed by atoms with E-state index in [0.29, 0.717) is 17.4 Å². The molecular weight excluding hydrogens is 346 g/mol. The molecule has 0 amide bonds. The zero-order valence-electron chi connectivity index (χ0n) is 16.0. The van der Waals surface area contributed by atoms with Gasteiger partial charge in [-0.05, 0) is 57.0 Å². The molecule has 0 atom stereocenters. The van der Waals surface area contributed by atoms with Crippen molar-refractivity contribution in [3.63, 3.8) is 0 Å². The van der Waals surface area contributed by atoms with E-state index in [9.17, 15) is 9.59 Å². The van der Waals surface area contributed by atoms with Crippen molar-refractivity contribution in [1.29, 1.82) is 0 Å². The lowest BCUT2D eigenvalue weighted by molar-refractivity contribution is -0.143. The number of hydrogen-bond donors (Lipinski definition) is 0. The third-order valence-electron chi connectivity index (χ3n) is 4.70. The lowest BCUT2D eigenvalue weighted by Crippen LogP contribution is -2.16. The highest BCUT2D eigenvalue weighted by atomic mass is 16.5. The molecule has 6 heteroatoms. The van der Waals surface area contributed by atoms with Crippen LogP contribution in [0.2, 0.25) is 0 Å². The number of Topliss-reactive ketones (excluding diaryl/α,β-unsaturated/α-hetero) is 1. The fourth-order valence-electron chi connectivity index (χ4n) is 3.17. The highest BCUT2D eigenvalue weighted by Crippen LogP contribution is 2.38. The minimum atomic E-state index is -0.451. The Morgan fingerprint density at radius 2 is 1.78 bits per heavy atom. The Kier molecular flexibility index (Phi) is 5.84. The molecule has 144 valence electrons. The first-order chi connectivity index (χ1) is 13.0. The number of ether oxygens (including phenoxy) is 3. The number of aryl methyl sites for hydroxylation is 1. The zero-order valence-corrected chi connectivity index (χ0v) is 16.0. The third kappa shape index (κ3) is 4.70.